The summed E-state index contributed by atoms with van der Waals surface area (Å²) in [5.74, 6) is 0. The monoisotopic (exact) mass is 842 g/mol. The van der Waals surface area contributed by atoms with Crippen molar-refractivity contribution in [1.82, 2.24) is 0 Å². The molecule has 0 aromatic heterocycles. The lowest BCUT2D eigenvalue weighted by Crippen LogP contribution is -2.10. The number of benzene rings is 11. The first-order chi connectivity index (χ1) is 32.7. The van der Waals surface area contributed by atoms with Crippen molar-refractivity contribution in [2.75, 3.05) is 9.80 Å². The molecule has 11 aromatic rings. The topological polar surface area (TPSA) is 6.48 Å². The second kappa shape index (κ2) is 18.2. The maximum atomic E-state index is 2.39. The van der Waals surface area contributed by atoms with Crippen LogP contribution in [0.3, 0.4) is 0 Å². The maximum absolute atomic E-state index is 2.39. The number of hydrogen-bond acceptors (Lipinski definition) is 2. The number of nitrogens with zero attached hydrogens (tertiary/aromatic N) is 2. The smallest absolute Gasteiger partial charge is 0.0473 e. The Hall–Kier alpha value is -8.72. The van der Waals surface area contributed by atoms with E-state index >= 15 is 0 Å². The molecule has 2 heteroatoms. The van der Waals surface area contributed by atoms with Gasteiger partial charge in [0.2, 0.25) is 0 Å². The van der Waals surface area contributed by atoms with Crippen LogP contribution < -0.4 is 9.80 Å². The van der Waals surface area contributed by atoms with Gasteiger partial charge in [0.05, 0.1) is 0 Å². The number of anilines is 6. The largest absolute Gasteiger partial charge is 0.311 e. The summed E-state index contributed by atoms with van der Waals surface area (Å²) in [5.41, 5.74) is 18.4. The second-order valence-electron chi connectivity index (χ2n) is 16.6. The third-order valence-electron chi connectivity index (χ3n) is 12.4. The van der Waals surface area contributed by atoms with Crippen molar-refractivity contribution in [2.24, 2.45) is 0 Å². The molecule has 0 heterocycles. The van der Waals surface area contributed by atoms with Crippen LogP contribution in [0.2, 0.25) is 0 Å². The molecule has 0 N–H and O–H groups in total. The van der Waals surface area contributed by atoms with Crippen molar-refractivity contribution in [3.8, 4) is 55.6 Å². The SMILES string of the molecule is c1ccc(-c2ccc(N(c3ccc(-c4ccccc4)cc3)c3ccc(-c4ccc(N(c5cc(-c6ccccc6)cc(-c6ccccc6)c5)c5ccc6ccccc6c5)cc4)cc3)cc2)cc1. The minimum absolute atomic E-state index is 1.08. The normalized spacial score (nSPS) is 11.0. The van der Waals surface area contributed by atoms with Crippen molar-refractivity contribution in [3.05, 3.63) is 279 Å². The fourth-order valence-corrected chi connectivity index (χ4v) is 9.02. The summed E-state index contributed by atoms with van der Waals surface area (Å²) < 4.78 is 0. The first-order valence-corrected chi connectivity index (χ1v) is 22.6. The van der Waals surface area contributed by atoms with E-state index in [1.165, 1.54) is 55.3 Å². The van der Waals surface area contributed by atoms with Gasteiger partial charge < -0.3 is 9.80 Å². The fourth-order valence-electron chi connectivity index (χ4n) is 9.02. The van der Waals surface area contributed by atoms with E-state index in [1.807, 2.05) is 0 Å². The minimum Gasteiger partial charge on any atom is -0.311 e. The number of rotatable bonds is 11. The van der Waals surface area contributed by atoms with E-state index in [-0.39, 0.29) is 0 Å². The van der Waals surface area contributed by atoms with Crippen molar-refractivity contribution in [3.63, 3.8) is 0 Å². The van der Waals surface area contributed by atoms with Crippen LogP contribution in [0.15, 0.2) is 279 Å². The standard InChI is InChI=1S/C64H46N2/c1-5-15-47(16-6-1)52-25-34-59(35-26-52)65(60-36-27-53(28-37-60)48-17-7-2-8-18-48)61-38-29-54(30-39-61)55-31-40-62(41-32-55)66(63-42-33-51-23-13-14-24-56(51)44-63)64-45-57(49-19-9-3-10-20-49)43-58(46-64)50-21-11-4-12-22-50/h1-46H. The lowest BCUT2D eigenvalue weighted by atomic mass is 9.97. The van der Waals surface area contributed by atoms with Crippen LogP contribution in [0.1, 0.15) is 0 Å². The van der Waals surface area contributed by atoms with Crippen LogP contribution in [0.5, 0.6) is 0 Å². The Balaban J connectivity index is 0.958. The molecule has 2 nitrogen and oxygen atoms in total. The van der Waals surface area contributed by atoms with E-state index in [0.717, 1.165) is 45.3 Å². The summed E-state index contributed by atoms with van der Waals surface area (Å²) in [5, 5.41) is 2.42. The molecule has 11 rings (SSSR count). The van der Waals surface area contributed by atoms with E-state index in [4.69, 9.17) is 0 Å². The molecule has 0 unspecified atom stereocenters. The lowest BCUT2D eigenvalue weighted by molar-refractivity contribution is 1.28. The van der Waals surface area contributed by atoms with Crippen molar-refractivity contribution < 1.29 is 0 Å². The highest BCUT2D eigenvalue weighted by Crippen LogP contribution is 2.42. The highest BCUT2D eigenvalue weighted by Gasteiger charge is 2.18. The van der Waals surface area contributed by atoms with Crippen LogP contribution in [-0.4, -0.2) is 0 Å². The maximum Gasteiger partial charge on any atom is 0.0473 e. The number of hydrogen-bond donors (Lipinski definition) is 0. The zero-order valence-corrected chi connectivity index (χ0v) is 36.5. The molecule has 11 aromatic carbocycles. The van der Waals surface area contributed by atoms with Gasteiger partial charge in [0, 0.05) is 34.1 Å². The molecule has 0 radical (unpaired) electrons. The lowest BCUT2D eigenvalue weighted by Gasteiger charge is -2.27. The van der Waals surface area contributed by atoms with Crippen LogP contribution in [0.25, 0.3) is 66.4 Å². The van der Waals surface area contributed by atoms with E-state index in [9.17, 15) is 0 Å². The van der Waals surface area contributed by atoms with E-state index in [0.29, 0.717) is 0 Å². The molecule has 0 aliphatic rings. The molecule has 0 saturated heterocycles. The van der Waals surface area contributed by atoms with Gasteiger partial charge in [-0.1, -0.05) is 200 Å². The summed E-state index contributed by atoms with van der Waals surface area (Å²) in [6, 6.07) is 100. The molecular formula is C64H46N2. The zero-order valence-electron chi connectivity index (χ0n) is 36.5. The predicted molar refractivity (Wildman–Crippen MR) is 280 cm³/mol. The molecule has 0 bridgehead atoms. The van der Waals surface area contributed by atoms with Gasteiger partial charge >= 0.3 is 0 Å². The summed E-state index contributed by atoms with van der Waals surface area (Å²) in [6.45, 7) is 0. The molecule has 0 aliphatic heterocycles. The molecule has 0 saturated carbocycles. The molecule has 0 amide bonds. The van der Waals surface area contributed by atoms with E-state index in [1.54, 1.807) is 0 Å². The van der Waals surface area contributed by atoms with E-state index < -0.39 is 0 Å². The van der Waals surface area contributed by atoms with Crippen molar-refractivity contribution in [2.45, 2.75) is 0 Å². The van der Waals surface area contributed by atoms with E-state index in [2.05, 4.69) is 289 Å². The summed E-state index contributed by atoms with van der Waals surface area (Å²) in [4.78, 5) is 4.73. The Morgan fingerprint density at radius 1 is 0.152 bits per heavy atom. The van der Waals surface area contributed by atoms with Gasteiger partial charge in [-0.25, -0.2) is 0 Å². The fraction of sp³-hybridized carbons (Fsp3) is 0. The van der Waals surface area contributed by atoms with Gasteiger partial charge in [0.25, 0.3) is 0 Å². The molecule has 0 spiro atoms. The molecule has 312 valence electrons. The Morgan fingerprint density at radius 3 is 0.788 bits per heavy atom. The molecule has 0 fully saturated rings. The summed E-state index contributed by atoms with van der Waals surface area (Å²) in [7, 11) is 0. The summed E-state index contributed by atoms with van der Waals surface area (Å²) in [6.07, 6.45) is 0. The second-order valence-corrected chi connectivity index (χ2v) is 16.6. The van der Waals surface area contributed by atoms with Crippen LogP contribution in [-0.2, 0) is 0 Å². The van der Waals surface area contributed by atoms with Crippen LogP contribution >= 0.6 is 0 Å². The van der Waals surface area contributed by atoms with Crippen LogP contribution in [0.4, 0.5) is 34.1 Å². The van der Waals surface area contributed by atoms with Gasteiger partial charge in [0.1, 0.15) is 0 Å². The average molecular weight is 843 g/mol. The summed E-state index contributed by atoms with van der Waals surface area (Å²) >= 11 is 0. The number of fused-ring (bicyclic) bond motifs is 1. The van der Waals surface area contributed by atoms with Crippen LogP contribution in [0, 0.1) is 0 Å². The Bertz CT molecular complexity index is 3210. The zero-order chi connectivity index (χ0) is 44.1. The highest BCUT2D eigenvalue weighted by atomic mass is 15.1. The minimum atomic E-state index is 1.08. The van der Waals surface area contributed by atoms with Crippen molar-refractivity contribution >= 4 is 44.9 Å². The average Bonchev–Trinajstić information content (AvgIpc) is 3.40. The van der Waals surface area contributed by atoms with Gasteiger partial charge in [0.15, 0.2) is 0 Å². The van der Waals surface area contributed by atoms with Gasteiger partial charge in [-0.2, -0.15) is 0 Å². The third-order valence-corrected chi connectivity index (χ3v) is 12.4. The first-order valence-electron chi connectivity index (χ1n) is 22.6. The molecule has 0 atom stereocenters. The Kier molecular flexibility index (Phi) is 11.0. The quantitative estimate of drug-likeness (QED) is 0.128. The molecular weight excluding hydrogens is 797 g/mol. The Morgan fingerprint density at radius 2 is 0.424 bits per heavy atom. The predicted octanol–water partition coefficient (Wildman–Crippen LogP) is 18.1. The van der Waals surface area contributed by atoms with Crippen molar-refractivity contribution in [1.29, 1.82) is 0 Å². The van der Waals surface area contributed by atoms with Gasteiger partial charge in [-0.3, -0.25) is 0 Å². The highest BCUT2D eigenvalue weighted by molar-refractivity contribution is 5.91. The molecule has 66 heavy (non-hydrogen) atoms. The Labute approximate surface area is 387 Å². The molecule has 0 aliphatic carbocycles. The van der Waals surface area contributed by atoms with Gasteiger partial charge in [-0.05, 0) is 145 Å². The third kappa shape index (κ3) is 8.40. The van der Waals surface area contributed by atoms with Gasteiger partial charge in [-0.15, -0.1) is 0 Å². The first kappa shape index (κ1) is 40.1.